The predicted molar refractivity (Wildman–Crippen MR) is 139 cm³/mol. The molecule has 38 heavy (non-hydrogen) atoms. The number of hydrogen-bond acceptors (Lipinski definition) is 6. The molecule has 1 atom stereocenters. The molecule has 2 amide bonds. The number of methoxy groups -OCH3 is 1. The van der Waals surface area contributed by atoms with Gasteiger partial charge in [0, 0.05) is 25.1 Å². The Bertz CT molecular complexity index is 1470. The molecule has 6 rings (SSSR count). The third-order valence-corrected chi connectivity index (χ3v) is 6.97. The van der Waals surface area contributed by atoms with Crippen LogP contribution in [-0.2, 0) is 17.8 Å². The van der Waals surface area contributed by atoms with Crippen LogP contribution < -0.4 is 14.8 Å². The molecule has 2 bridgehead atoms. The lowest BCUT2D eigenvalue weighted by atomic mass is 9.94. The van der Waals surface area contributed by atoms with Gasteiger partial charge in [-0.3, -0.25) is 9.59 Å². The molecule has 4 heterocycles. The van der Waals surface area contributed by atoms with Gasteiger partial charge in [-0.1, -0.05) is 12.1 Å². The summed E-state index contributed by atoms with van der Waals surface area (Å²) in [5, 5.41) is 2.94. The molecule has 0 aliphatic carbocycles. The Hall–Kier alpha value is -4.53. The fraction of sp³-hybridized carbons (Fsp3) is 0.276. The highest BCUT2D eigenvalue weighted by atomic mass is 16.5. The maximum absolute atomic E-state index is 13.9. The van der Waals surface area contributed by atoms with Crippen molar-refractivity contribution in [3.05, 3.63) is 89.7 Å². The third kappa shape index (κ3) is 4.51. The van der Waals surface area contributed by atoms with E-state index in [2.05, 4.69) is 10.3 Å². The summed E-state index contributed by atoms with van der Waals surface area (Å²) in [6.07, 6.45) is 2.97. The molecule has 0 spiro atoms. The molecule has 2 aromatic carbocycles. The van der Waals surface area contributed by atoms with Gasteiger partial charge < -0.3 is 28.7 Å². The topological polar surface area (TPSA) is 98.8 Å². The average molecular weight is 513 g/mol. The molecule has 2 aliphatic rings. The second kappa shape index (κ2) is 10.1. The Kier molecular flexibility index (Phi) is 6.33. The summed E-state index contributed by atoms with van der Waals surface area (Å²) in [6, 6.07) is 18.3. The molecule has 9 heteroatoms. The normalized spacial score (nSPS) is 17.2. The third-order valence-electron chi connectivity index (χ3n) is 6.97. The molecule has 2 aliphatic heterocycles. The van der Waals surface area contributed by atoms with Crippen LogP contribution in [0.5, 0.6) is 11.5 Å². The SMILES string of the molecule is COc1ccc(-c2ccc(C(=O)N3CCc4ncn5c4C3c3cccc(c3)OCCCNC(=O)C5)o2)cc1. The molecule has 1 unspecified atom stereocenters. The highest BCUT2D eigenvalue weighted by Crippen LogP contribution is 2.38. The van der Waals surface area contributed by atoms with E-state index in [4.69, 9.17) is 13.9 Å². The van der Waals surface area contributed by atoms with Crippen LogP contribution in [0.1, 0.15) is 40.0 Å². The van der Waals surface area contributed by atoms with E-state index >= 15 is 0 Å². The Balaban J connectivity index is 1.39. The highest BCUT2D eigenvalue weighted by Gasteiger charge is 2.37. The van der Waals surface area contributed by atoms with Crippen LogP contribution in [0.25, 0.3) is 11.3 Å². The van der Waals surface area contributed by atoms with Crippen LogP contribution >= 0.6 is 0 Å². The number of hydrogen-bond donors (Lipinski definition) is 1. The minimum atomic E-state index is -0.458. The number of fused-ring (bicyclic) bond motifs is 3. The average Bonchev–Trinajstić information content (AvgIpc) is 3.60. The maximum atomic E-state index is 13.9. The minimum absolute atomic E-state index is 0.103. The van der Waals surface area contributed by atoms with Gasteiger partial charge in [-0.15, -0.1) is 0 Å². The van der Waals surface area contributed by atoms with E-state index < -0.39 is 6.04 Å². The van der Waals surface area contributed by atoms with Gasteiger partial charge in [-0.25, -0.2) is 4.98 Å². The summed E-state index contributed by atoms with van der Waals surface area (Å²) in [6.45, 7) is 1.60. The van der Waals surface area contributed by atoms with Crippen molar-refractivity contribution in [2.75, 3.05) is 26.8 Å². The first-order valence-corrected chi connectivity index (χ1v) is 12.7. The highest BCUT2D eigenvalue weighted by molar-refractivity contribution is 5.93. The van der Waals surface area contributed by atoms with Crippen molar-refractivity contribution >= 4 is 11.8 Å². The van der Waals surface area contributed by atoms with Gasteiger partial charge in [-0.05, 0) is 60.5 Å². The summed E-state index contributed by atoms with van der Waals surface area (Å²) in [5.41, 5.74) is 3.45. The predicted octanol–water partition coefficient (Wildman–Crippen LogP) is 3.84. The second-order valence-electron chi connectivity index (χ2n) is 9.37. The standard InChI is InChI=1S/C29H28N4O5/c1-36-21-8-6-19(7-9-21)24-10-11-25(38-24)29(35)33-14-12-23-28-27(33)20-4-2-5-22(16-20)37-15-3-13-30-26(34)17-32(28)18-31-23/h2,4-11,16,18,27H,3,12-15,17H2,1H3,(H,30,34). The number of carbonyl (C=O) groups excluding carboxylic acids is 2. The van der Waals surface area contributed by atoms with E-state index in [1.54, 1.807) is 30.5 Å². The molecule has 1 N–H and O–H groups in total. The summed E-state index contributed by atoms with van der Waals surface area (Å²) < 4.78 is 19.1. The first-order valence-electron chi connectivity index (χ1n) is 12.7. The molecular formula is C29H28N4O5. The van der Waals surface area contributed by atoms with Gasteiger partial charge in [0.2, 0.25) is 5.91 Å². The van der Waals surface area contributed by atoms with Gasteiger partial charge in [0.1, 0.15) is 23.8 Å². The molecule has 0 fully saturated rings. The van der Waals surface area contributed by atoms with E-state index in [1.165, 1.54) is 0 Å². The summed E-state index contributed by atoms with van der Waals surface area (Å²) in [7, 11) is 1.62. The largest absolute Gasteiger partial charge is 0.497 e. The number of nitrogens with zero attached hydrogens (tertiary/aromatic N) is 3. The van der Waals surface area contributed by atoms with Crippen LogP contribution in [-0.4, -0.2) is 53.1 Å². The van der Waals surface area contributed by atoms with E-state index in [-0.39, 0.29) is 24.1 Å². The van der Waals surface area contributed by atoms with Gasteiger partial charge >= 0.3 is 0 Å². The minimum Gasteiger partial charge on any atom is -0.497 e. The van der Waals surface area contributed by atoms with Crippen LogP contribution in [0.4, 0.5) is 0 Å². The van der Waals surface area contributed by atoms with Gasteiger partial charge in [0.05, 0.1) is 37.5 Å². The second-order valence-corrected chi connectivity index (χ2v) is 9.37. The lowest BCUT2D eigenvalue weighted by Gasteiger charge is -2.36. The Morgan fingerprint density at radius 2 is 2.00 bits per heavy atom. The Morgan fingerprint density at radius 3 is 2.84 bits per heavy atom. The number of amides is 2. The zero-order valence-corrected chi connectivity index (χ0v) is 21.1. The Labute approximate surface area is 220 Å². The Morgan fingerprint density at radius 1 is 1.13 bits per heavy atom. The number of carbonyl (C=O) groups is 2. The van der Waals surface area contributed by atoms with Crippen molar-refractivity contribution in [3.63, 3.8) is 0 Å². The first-order chi connectivity index (χ1) is 18.6. The quantitative estimate of drug-likeness (QED) is 0.448. The molecule has 4 aromatic rings. The summed E-state index contributed by atoms with van der Waals surface area (Å²) >= 11 is 0. The van der Waals surface area contributed by atoms with Crippen LogP contribution in [0.15, 0.2) is 71.4 Å². The van der Waals surface area contributed by atoms with E-state index in [9.17, 15) is 9.59 Å². The number of imidazole rings is 1. The van der Waals surface area contributed by atoms with Crippen molar-refractivity contribution in [2.24, 2.45) is 0 Å². The van der Waals surface area contributed by atoms with E-state index in [1.807, 2.05) is 53.1 Å². The summed E-state index contributed by atoms with van der Waals surface area (Å²) in [4.78, 5) is 33.0. The molecule has 0 saturated heterocycles. The summed E-state index contributed by atoms with van der Waals surface area (Å²) in [5.74, 6) is 1.98. The first kappa shape index (κ1) is 23.8. The lowest BCUT2D eigenvalue weighted by molar-refractivity contribution is -0.121. The number of aromatic nitrogens is 2. The molecular weight excluding hydrogens is 484 g/mol. The van der Waals surface area contributed by atoms with E-state index in [0.29, 0.717) is 38.3 Å². The van der Waals surface area contributed by atoms with Crippen molar-refractivity contribution in [2.45, 2.75) is 25.4 Å². The monoisotopic (exact) mass is 512 g/mol. The van der Waals surface area contributed by atoms with Crippen LogP contribution in [0, 0.1) is 0 Å². The molecule has 0 radical (unpaired) electrons. The van der Waals surface area contributed by atoms with E-state index in [0.717, 1.165) is 34.0 Å². The number of nitrogens with one attached hydrogen (secondary N) is 1. The van der Waals surface area contributed by atoms with Crippen molar-refractivity contribution < 1.29 is 23.5 Å². The number of rotatable bonds is 3. The molecule has 2 aromatic heterocycles. The van der Waals surface area contributed by atoms with Crippen LogP contribution in [0.2, 0.25) is 0 Å². The van der Waals surface area contributed by atoms with Gasteiger partial charge in [-0.2, -0.15) is 0 Å². The molecule has 0 saturated carbocycles. The van der Waals surface area contributed by atoms with Gasteiger partial charge in [0.25, 0.3) is 5.91 Å². The van der Waals surface area contributed by atoms with Crippen molar-refractivity contribution in [1.82, 2.24) is 19.8 Å². The molecule has 9 nitrogen and oxygen atoms in total. The van der Waals surface area contributed by atoms with Crippen LogP contribution in [0.3, 0.4) is 0 Å². The fourth-order valence-electron chi connectivity index (χ4n) is 5.11. The smallest absolute Gasteiger partial charge is 0.290 e. The lowest BCUT2D eigenvalue weighted by Crippen LogP contribution is -2.42. The zero-order chi connectivity index (χ0) is 26.1. The van der Waals surface area contributed by atoms with Crippen molar-refractivity contribution in [3.8, 4) is 22.8 Å². The zero-order valence-electron chi connectivity index (χ0n) is 21.1. The number of benzene rings is 2. The van der Waals surface area contributed by atoms with Crippen molar-refractivity contribution in [1.29, 1.82) is 0 Å². The number of furan rings is 1. The number of ether oxygens (including phenoxy) is 2. The maximum Gasteiger partial charge on any atom is 0.290 e. The van der Waals surface area contributed by atoms with Gasteiger partial charge in [0.15, 0.2) is 5.76 Å². The molecule has 194 valence electrons. The fourth-order valence-corrected chi connectivity index (χ4v) is 5.11.